The quantitative estimate of drug-likeness (QED) is 0.697. The molecule has 0 aliphatic carbocycles. The van der Waals surface area contributed by atoms with E-state index in [0.29, 0.717) is 24.5 Å². The van der Waals surface area contributed by atoms with Gasteiger partial charge in [0.1, 0.15) is 0 Å². The van der Waals surface area contributed by atoms with Gasteiger partial charge >= 0.3 is 0 Å². The number of hydrogen-bond donors (Lipinski definition) is 0. The summed E-state index contributed by atoms with van der Waals surface area (Å²) in [4.78, 5) is 2.02. The Balaban J connectivity index is 2.72. The summed E-state index contributed by atoms with van der Waals surface area (Å²) >= 11 is 5.66. The lowest BCUT2D eigenvalue weighted by Crippen LogP contribution is -2.26. The monoisotopic (exact) mass is 247 g/mol. The van der Waals surface area contributed by atoms with Gasteiger partial charge in [-0.25, -0.2) is 8.78 Å². The summed E-state index contributed by atoms with van der Waals surface area (Å²) in [5.41, 5.74) is 0.388. The molecule has 1 aromatic rings. The molecule has 0 aliphatic rings. The molecule has 0 aliphatic heterocycles. The standard InChI is InChI=1S/C12H16ClF2N/c1-2-7-16(8-6-13)9-10-4-3-5-11(14)12(10)15/h3-5H,2,6-9H2,1H3. The van der Waals surface area contributed by atoms with Crippen molar-refractivity contribution in [3.63, 3.8) is 0 Å². The van der Waals surface area contributed by atoms with E-state index in [9.17, 15) is 8.78 Å². The third-order valence-corrected chi connectivity index (χ3v) is 2.54. The Labute approximate surface area is 100 Å². The van der Waals surface area contributed by atoms with Crippen molar-refractivity contribution in [2.75, 3.05) is 19.0 Å². The van der Waals surface area contributed by atoms with E-state index in [1.165, 1.54) is 6.07 Å². The number of halogens is 3. The van der Waals surface area contributed by atoms with Crippen molar-refractivity contribution in [1.82, 2.24) is 4.90 Å². The van der Waals surface area contributed by atoms with Gasteiger partial charge in [-0.05, 0) is 19.0 Å². The van der Waals surface area contributed by atoms with Crippen molar-refractivity contribution in [3.05, 3.63) is 35.4 Å². The third kappa shape index (κ3) is 3.72. The van der Waals surface area contributed by atoms with Crippen LogP contribution in [0.2, 0.25) is 0 Å². The summed E-state index contributed by atoms with van der Waals surface area (Å²) in [5, 5.41) is 0. The Morgan fingerprint density at radius 3 is 2.62 bits per heavy atom. The van der Waals surface area contributed by atoms with Crippen molar-refractivity contribution in [1.29, 1.82) is 0 Å². The second kappa shape index (κ2) is 6.81. The van der Waals surface area contributed by atoms with Gasteiger partial charge in [0.2, 0.25) is 0 Å². The largest absolute Gasteiger partial charge is 0.298 e. The third-order valence-electron chi connectivity index (χ3n) is 2.37. The minimum Gasteiger partial charge on any atom is -0.298 e. The average Bonchev–Trinajstić information content (AvgIpc) is 2.25. The maximum absolute atomic E-state index is 13.4. The maximum atomic E-state index is 13.4. The normalized spacial score (nSPS) is 11.1. The molecule has 0 heterocycles. The summed E-state index contributed by atoms with van der Waals surface area (Å²) in [6.45, 7) is 3.97. The molecule has 1 nitrogen and oxygen atoms in total. The van der Waals surface area contributed by atoms with Crippen LogP contribution >= 0.6 is 11.6 Å². The Hall–Kier alpha value is -0.670. The molecule has 0 saturated heterocycles. The number of rotatable bonds is 6. The van der Waals surface area contributed by atoms with Crippen molar-refractivity contribution in [2.24, 2.45) is 0 Å². The minimum absolute atomic E-state index is 0.388. The first-order valence-electron chi connectivity index (χ1n) is 5.40. The van der Waals surface area contributed by atoms with E-state index in [2.05, 4.69) is 0 Å². The van der Waals surface area contributed by atoms with E-state index in [1.807, 2.05) is 11.8 Å². The first-order valence-corrected chi connectivity index (χ1v) is 5.93. The van der Waals surface area contributed by atoms with Crippen molar-refractivity contribution < 1.29 is 8.78 Å². The highest BCUT2D eigenvalue weighted by Crippen LogP contribution is 2.13. The second-order valence-corrected chi connectivity index (χ2v) is 4.06. The first-order chi connectivity index (χ1) is 7.69. The predicted octanol–water partition coefficient (Wildman–Crippen LogP) is 3.42. The molecule has 0 amide bonds. The van der Waals surface area contributed by atoms with Gasteiger partial charge in [0.05, 0.1) is 0 Å². The number of benzene rings is 1. The van der Waals surface area contributed by atoms with Crippen LogP contribution in [0.1, 0.15) is 18.9 Å². The Bertz CT molecular complexity index is 325. The summed E-state index contributed by atoms with van der Waals surface area (Å²) in [7, 11) is 0. The van der Waals surface area contributed by atoms with E-state index in [-0.39, 0.29) is 0 Å². The molecule has 0 aromatic heterocycles. The van der Waals surface area contributed by atoms with Gasteiger partial charge < -0.3 is 0 Å². The van der Waals surface area contributed by atoms with E-state index in [0.717, 1.165) is 19.0 Å². The first kappa shape index (κ1) is 13.4. The van der Waals surface area contributed by atoms with Gasteiger partial charge in [0.25, 0.3) is 0 Å². The molecule has 0 spiro atoms. The zero-order valence-electron chi connectivity index (χ0n) is 9.35. The summed E-state index contributed by atoms with van der Waals surface area (Å²) in [6.07, 6.45) is 0.966. The fourth-order valence-corrected chi connectivity index (χ4v) is 1.86. The molecule has 1 rings (SSSR count). The van der Waals surface area contributed by atoms with Crippen LogP contribution in [-0.2, 0) is 6.54 Å². The van der Waals surface area contributed by atoms with E-state index in [4.69, 9.17) is 11.6 Å². The SMILES string of the molecule is CCCN(CCCl)Cc1cccc(F)c1F. The van der Waals surface area contributed by atoms with Crippen molar-refractivity contribution in [3.8, 4) is 0 Å². The van der Waals surface area contributed by atoms with Gasteiger partial charge in [0.15, 0.2) is 11.6 Å². The van der Waals surface area contributed by atoms with Gasteiger partial charge in [-0.1, -0.05) is 19.1 Å². The molecule has 0 saturated carbocycles. The molecule has 0 N–H and O–H groups in total. The van der Waals surface area contributed by atoms with Crippen molar-refractivity contribution in [2.45, 2.75) is 19.9 Å². The van der Waals surface area contributed by atoms with Crippen LogP contribution in [0.4, 0.5) is 8.78 Å². The molecule has 0 fully saturated rings. The molecule has 0 atom stereocenters. The van der Waals surface area contributed by atoms with Crippen LogP contribution < -0.4 is 0 Å². The Morgan fingerprint density at radius 2 is 2.00 bits per heavy atom. The fourth-order valence-electron chi connectivity index (χ4n) is 1.62. The number of alkyl halides is 1. The molecule has 0 radical (unpaired) electrons. The number of nitrogens with zero attached hydrogens (tertiary/aromatic N) is 1. The number of hydrogen-bond acceptors (Lipinski definition) is 1. The molecule has 4 heteroatoms. The van der Waals surface area contributed by atoms with Crippen LogP contribution in [0.25, 0.3) is 0 Å². The zero-order valence-corrected chi connectivity index (χ0v) is 10.1. The molecule has 16 heavy (non-hydrogen) atoms. The second-order valence-electron chi connectivity index (χ2n) is 3.68. The lowest BCUT2D eigenvalue weighted by Gasteiger charge is -2.20. The highest BCUT2D eigenvalue weighted by atomic mass is 35.5. The lowest BCUT2D eigenvalue weighted by atomic mass is 10.2. The fraction of sp³-hybridized carbons (Fsp3) is 0.500. The lowest BCUT2D eigenvalue weighted by molar-refractivity contribution is 0.276. The predicted molar refractivity (Wildman–Crippen MR) is 62.6 cm³/mol. The summed E-state index contributed by atoms with van der Waals surface area (Å²) in [5.74, 6) is -1.05. The topological polar surface area (TPSA) is 3.24 Å². The molecule has 0 unspecified atom stereocenters. The average molecular weight is 248 g/mol. The molecular formula is C12H16ClF2N. The van der Waals surface area contributed by atoms with Gasteiger partial charge in [-0.15, -0.1) is 11.6 Å². The van der Waals surface area contributed by atoms with Crippen LogP contribution in [0.3, 0.4) is 0 Å². The zero-order chi connectivity index (χ0) is 12.0. The maximum Gasteiger partial charge on any atom is 0.163 e. The molecule has 0 bridgehead atoms. The smallest absolute Gasteiger partial charge is 0.163 e. The molecule has 90 valence electrons. The Morgan fingerprint density at radius 1 is 1.25 bits per heavy atom. The van der Waals surface area contributed by atoms with Gasteiger partial charge in [-0.2, -0.15) is 0 Å². The van der Waals surface area contributed by atoms with E-state index in [1.54, 1.807) is 6.07 Å². The summed E-state index contributed by atoms with van der Waals surface area (Å²) < 4.78 is 26.4. The minimum atomic E-state index is -0.792. The van der Waals surface area contributed by atoms with E-state index >= 15 is 0 Å². The van der Waals surface area contributed by atoms with Crippen LogP contribution in [0.15, 0.2) is 18.2 Å². The van der Waals surface area contributed by atoms with Gasteiger partial charge in [0, 0.05) is 24.5 Å². The van der Waals surface area contributed by atoms with Crippen LogP contribution in [-0.4, -0.2) is 23.9 Å². The molecule has 1 aromatic carbocycles. The summed E-state index contributed by atoms with van der Waals surface area (Å²) in [6, 6.07) is 4.26. The molecular weight excluding hydrogens is 232 g/mol. The van der Waals surface area contributed by atoms with Crippen molar-refractivity contribution >= 4 is 11.6 Å². The highest BCUT2D eigenvalue weighted by molar-refractivity contribution is 6.18. The van der Waals surface area contributed by atoms with Gasteiger partial charge in [-0.3, -0.25) is 4.90 Å². The van der Waals surface area contributed by atoms with Crippen LogP contribution in [0.5, 0.6) is 0 Å². The van der Waals surface area contributed by atoms with Crippen LogP contribution in [0, 0.1) is 11.6 Å². The Kier molecular flexibility index (Phi) is 5.71. The van der Waals surface area contributed by atoms with E-state index < -0.39 is 11.6 Å². The highest BCUT2D eigenvalue weighted by Gasteiger charge is 2.11.